The summed E-state index contributed by atoms with van der Waals surface area (Å²) in [5.41, 5.74) is 6.98. The van der Waals surface area contributed by atoms with Crippen molar-refractivity contribution in [2.75, 3.05) is 75.7 Å². The first-order valence-corrected chi connectivity index (χ1v) is 19.8. The standard InChI is InChI=1S/C41H53N6O2S2/c1-42-28-21-36(22-29-42)10-9-34-13-17-38(18-14-34)44(3)24-7-26-46(5)40(48)32-50-51-33-41(49)47(6)27-8-25-45(4)39-19-15-35(16-20-39)11-12-37-23-30-43(2)31-37/h9-23,28-31H,7-8,24-27,32-33H2,1-6H3/q+1/b12-11+. The third-order valence-corrected chi connectivity index (χ3v) is 10.8. The van der Waals surface area contributed by atoms with E-state index in [9.17, 15) is 9.59 Å². The lowest BCUT2D eigenvalue weighted by Gasteiger charge is -2.22. The van der Waals surface area contributed by atoms with Gasteiger partial charge in [0.2, 0.25) is 11.8 Å². The first-order chi connectivity index (χ1) is 24.6. The van der Waals surface area contributed by atoms with Crippen LogP contribution in [0.15, 0.2) is 91.5 Å². The van der Waals surface area contributed by atoms with Gasteiger partial charge in [0, 0.05) is 97.3 Å². The third-order valence-electron chi connectivity index (χ3n) is 8.74. The van der Waals surface area contributed by atoms with Gasteiger partial charge in [-0.05, 0) is 65.4 Å². The van der Waals surface area contributed by atoms with Crippen LogP contribution in [0.25, 0.3) is 24.3 Å². The van der Waals surface area contributed by atoms with Gasteiger partial charge in [0.15, 0.2) is 12.4 Å². The van der Waals surface area contributed by atoms with Crippen LogP contribution >= 0.6 is 21.6 Å². The van der Waals surface area contributed by atoms with E-state index in [1.807, 2.05) is 55.9 Å². The molecule has 4 rings (SSSR count). The first-order valence-electron chi connectivity index (χ1n) is 17.4. The van der Waals surface area contributed by atoms with Crippen LogP contribution in [-0.4, -0.2) is 92.1 Å². The SMILES string of the molecule is CN(CCCN(C)c1ccc(/C=C/c2cc[n+](C)cc2)cc1)C(=O)CSSCC(=O)N(C)CCCN(C)c1ccc(/C=C/c2ccn(C)c2)cc1. The number of rotatable bonds is 19. The molecular formula is C41H53N6O2S2+. The quantitative estimate of drug-likeness (QED) is 0.0600. The summed E-state index contributed by atoms with van der Waals surface area (Å²) in [5, 5.41) is 0. The van der Waals surface area contributed by atoms with E-state index in [4.69, 9.17) is 0 Å². The van der Waals surface area contributed by atoms with E-state index in [1.54, 1.807) is 9.80 Å². The molecule has 51 heavy (non-hydrogen) atoms. The van der Waals surface area contributed by atoms with E-state index in [1.165, 1.54) is 32.7 Å². The summed E-state index contributed by atoms with van der Waals surface area (Å²) < 4.78 is 4.06. The van der Waals surface area contributed by atoms with Crippen LogP contribution in [0.4, 0.5) is 11.4 Å². The predicted molar refractivity (Wildman–Crippen MR) is 220 cm³/mol. The summed E-state index contributed by atoms with van der Waals surface area (Å²) in [6, 6.07) is 23.3. The fraction of sp³-hybridized carbons (Fsp3) is 0.341. The topological polar surface area (TPSA) is 55.9 Å². The maximum Gasteiger partial charge on any atom is 0.233 e. The van der Waals surface area contributed by atoms with Gasteiger partial charge in [-0.25, -0.2) is 4.57 Å². The fourth-order valence-corrected chi connectivity index (χ4v) is 7.23. The number of amides is 2. The number of benzene rings is 2. The van der Waals surface area contributed by atoms with Crippen LogP contribution in [0.5, 0.6) is 0 Å². The van der Waals surface area contributed by atoms with Crippen molar-refractivity contribution in [2.24, 2.45) is 14.1 Å². The van der Waals surface area contributed by atoms with Crippen LogP contribution in [0.1, 0.15) is 35.1 Å². The van der Waals surface area contributed by atoms with Gasteiger partial charge in [-0.15, -0.1) is 0 Å². The Hall–Kier alpha value is -4.41. The van der Waals surface area contributed by atoms with E-state index < -0.39 is 0 Å². The Bertz CT molecular complexity index is 1720. The number of carbonyl (C=O) groups excluding carboxylic acids is 2. The van der Waals surface area contributed by atoms with Crippen molar-refractivity contribution in [1.29, 1.82) is 0 Å². The minimum absolute atomic E-state index is 0.0857. The number of hydrogen-bond acceptors (Lipinski definition) is 6. The summed E-state index contributed by atoms with van der Waals surface area (Å²) in [4.78, 5) is 33.4. The van der Waals surface area contributed by atoms with Crippen LogP contribution < -0.4 is 14.4 Å². The van der Waals surface area contributed by atoms with Gasteiger partial charge in [0.25, 0.3) is 0 Å². The molecule has 2 aromatic heterocycles. The lowest BCUT2D eigenvalue weighted by Crippen LogP contribution is -2.32. The van der Waals surface area contributed by atoms with E-state index in [-0.39, 0.29) is 11.8 Å². The Balaban J connectivity index is 1.05. The average molecular weight is 726 g/mol. The van der Waals surface area contributed by atoms with Gasteiger partial charge in [0.1, 0.15) is 7.05 Å². The highest BCUT2D eigenvalue weighted by molar-refractivity contribution is 8.77. The van der Waals surface area contributed by atoms with Gasteiger partial charge in [-0.1, -0.05) is 70.2 Å². The molecule has 270 valence electrons. The minimum atomic E-state index is 0.0857. The summed E-state index contributed by atoms with van der Waals surface area (Å²) in [6.07, 6.45) is 18.4. The normalized spacial score (nSPS) is 11.3. The summed E-state index contributed by atoms with van der Waals surface area (Å²) in [5.74, 6) is 0.887. The van der Waals surface area contributed by atoms with Crippen LogP contribution in [-0.2, 0) is 23.7 Å². The number of anilines is 2. The molecule has 4 aromatic rings. The molecule has 2 heterocycles. The number of aryl methyl sites for hydroxylation is 2. The molecule has 10 heteroatoms. The summed E-state index contributed by atoms with van der Waals surface area (Å²) in [7, 11) is 14.8. The second-order valence-electron chi connectivity index (χ2n) is 13.0. The van der Waals surface area contributed by atoms with E-state index in [2.05, 4.69) is 121 Å². The van der Waals surface area contributed by atoms with Crippen molar-refractivity contribution in [3.63, 3.8) is 0 Å². The molecule has 8 nitrogen and oxygen atoms in total. The summed E-state index contributed by atoms with van der Waals surface area (Å²) >= 11 is 0. The molecule has 0 bridgehead atoms. The van der Waals surface area contributed by atoms with E-state index in [0.29, 0.717) is 24.6 Å². The number of carbonyl (C=O) groups is 2. The van der Waals surface area contributed by atoms with Crippen molar-refractivity contribution in [1.82, 2.24) is 14.4 Å². The van der Waals surface area contributed by atoms with Crippen LogP contribution in [0.2, 0.25) is 0 Å². The fourth-order valence-electron chi connectivity index (χ4n) is 5.31. The van der Waals surface area contributed by atoms with Crippen molar-refractivity contribution in [3.8, 4) is 0 Å². The van der Waals surface area contributed by atoms with E-state index >= 15 is 0 Å². The predicted octanol–water partition coefficient (Wildman–Crippen LogP) is 6.84. The molecule has 0 unspecified atom stereocenters. The zero-order chi connectivity index (χ0) is 36.6. The second-order valence-corrected chi connectivity index (χ2v) is 15.4. The van der Waals surface area contributed by atoms with Crippen LogP contribution in [0, 0.1) is 0 Å². The highest BCUT2D eigenvalue weighted by Crippen LogP contribution is 2.22. The van der Waals surface area contributed by atoms with Crippen molar-refractivity contribution in [3.05, 3.63) is 114 Å². The highest BCUT2D eigenvalue weighted by Gasteiger charge is 2.13. The monoisotopic (exact) mass is 725 g/mol. The molecular weight excluding hydrogens is 673 g/mol. The van der Waals surface area contributed by atoms with Crippen LogP contribution in [0.3, 0.4) is 0 Å². The molecule has 0 radical (unpaired) electrons. The molecule has 0 spiro atoms. The van der Waals surface area contributed by atoms with Gasteiger partial charge < -0.3 is 24.2 Å². The minimum Gasteiger partial charge on any atom is -0.375 e. The number of aromatic nitrogens is 2. The number of hydrogen-bond donors (Lipinski definition) is 0. The van der Waals surface area contributed by atoms with Gasteiger partial charge >= 0.3 is 0 Å². The second kappa shape index (κ2) is 20.4. The Labute approximate surface area is 312 Å². The Morgan fingerprint density at radius 2 is 1.02 bits per heavy atom. The molecule has 0 aliphatic heterocycles. The van der Waals surface area contributed by atoms with Crippen molar-refractivity contribution in [2.45, 2.75) is 12.8 Å². The Morgan fingerprint density at radius 3 is 1.43 bits per heavy atom. The summed E-state index contributed by atoms with van der Waals surface area (Å²) in [6.45, 7) is 3.09. The zero-order valence-electron chi connectivity index (χ0n) is 30.9. The number of pyridine rings is 1. The van der Waals surface area contributed by atoms with Gasteiger partial charge in [-0.3, -0.25) is 9.59 Å². The first kappa shape index (κ1) is 39.4. The lowest BCUT2D eigenvalue weighted by atomic mass is 10.1. The van der Waals surface area contributed by atoms with Crippen molar-refractivity contribution >= 4 is 69.1 Å². The van der Waals surface area contributed by atoms with Gasteiger partial charge in [0.05, 0.1) is 11.5 Å². The largest absolute Gasteiger partial charge is 0.375 e. The maximum absolute atomic E-state index is 12.7. The molecule has 2 amide bonds. The molecule has 0 N–H and O–H groups in total. The maximum atomic E-state index is 12.7. The van der Waals surface area contributed by atoms with Gasteiger partial charge in [-0.2, -0.15) is 0 Å². The molecule has 0 saturated heterocycles. The molecule has 0 aliphatic rings. The molecule has 2 aromatic carbocycles. The molecule has 0 saturated carbocycles. The third kappa shape index (κ3) is 13.7. The molecule has 0 atom stereocenters. The van der Waals surface area contributed by atoms with E-state index in [0.717, 1.165) is 48.4 Å². The Kier molecular flexibility index (Phi) is 15.8. The smallest absolute Gasteiger partial charge is 0.233 e. The lowest BCUT2D eigenvalue weighted by molar-refractivity contribution is -0.671. The molecule has 0 fully saturated rings. The van der Waals surface area contributed by atoms with Crippen molar-refractivity contribution < 1.29 is 14.2 Å². The molecule has 0 aliphatic carbocycles. The zero-order valence-corrected chi connectivity index (χ0v) is 32.6. The average Bonchev–Trinajstić information content (AvgIpc) is 3.56. The Morgan fingerprint density at radius 1 is 0.608 bits per heavy atom. The number of nitrogens with zero attached hydrogens (tertiary/aromatic N) is 6. The highest BCUT2D eigenvalue weighted by atomic mass is 33.1.